The quantitative estimate of drug-likeness (QED) is 0.481. The Labute approximate surface area is 190 Å². The van der Waals surface area contributed by atoms with Crippen molar-refractivity contribution >= 4 is 29.3 Å². The molecule has 1 aliphatic rings. The Balaban J connectivity index is 1.74. The van der Waals surface area contributed by atoms with Crippen LogP contribution in [0.2, 0.25) is 0 Å². The van der Waals surface area contributed by atoms with Gasteiger partial charge >= 0.3 is 0 Å². The van der Waals surface area contributed by atoms with Gasteiger partial charge in [0.25, 0.3) is 0 Å². The van der Waals surface area contributed by atoms with Gasteiger partial charge in [-0.3, -0.25) is 4.79 Å². The summed E-state index contributed by atoms with van der Waals surface area (Å²) in [4.78, 5) is 33.1. The number of rotatable bonds is 6. The molecule has 10 nitrogen and oxygen atoms in total. The lowest BCUT2D eigenvalue weighted by molar-refractivity contribution is -0.114. The second-order valence-corrected chi connectivity index (χ2v) is 8.43. The Hall–Kier alpha value is -3.31. The van der Waals surface area contributed by atoms with Gasteiger partial charge in [-0.25, -0.2) is 4.98 Å². The van der Waals surface area contributed by atoms with E-state index in [0.29, 0.717) is 10.8 Å². The Morgan fingerprint density at radius 1 is 1.22 bits per heavy atom. The summed E-state index contributed by atoms with van der Waals surface area (Å²) in [6, 6.07) is 7.22. The van der Waals surface area contributed by atoms with Crippen LogP contribution in [-0.4, -0.2) is 76.2 Å². The molecule has 4 rings (SSSR count). The van der Waals surface area contributed by atoms with Crippen LogP contribution in [0.5, 0.6) is 11.8 Å². The van der Waals surface area contributed by atoms with Crippen molar-refractivity contribution in [3.05, 3.63) is 30.5 Å². The fraction of sp³-hybridized carbons (Fsp3) is 0.333. The molecule has 0 aliphatic carbocycles. The van der Waals surface area contributed by atoms with Gasteiger partial charge in [0.05, 0.1) is 12.0 Å². The van der Waals surface area contributed by atoms with Crippen LogP contribution < -0.4 is 15.0 Å². The number of aromatic nitrogens is 4. The van der Waals surface area contributed by atoms with Crippen molar-refractivity contribution in [3.63, 3.8) is 0 Å². The van der Waals surface area contributed by atoms with Crippen LogP contribution in [0.3, 0.4) is 0 Å². The number of hydrogen-bond donors (Lipinski definition) is 3. The minimum Gasteiger partial charge on any atom is -0.493 e. The number of aromatic amines is 1. The zero-order chi connectivity index (χ0) is 22.7. The molecule has 0 aromatic carbocycles. The van der Waals surface area contributed by atoms with E-state index in [1.165, 1.54) is 24.8 Å². The first-order chi connectivity index (χ1) is 15.4. The number of H-pyrrole nitrogens is 1. The summed E-state index contributed by atoms with van der Waals surface area (Å²) in [6.07, 6.45) is 1.87. The highest BCUT2D eigenvalue weighted by molar-refractivity contribution is 7.99. The Morgan fingerprint density at radius 2 is 2.00 bits per heavy atom. The average molecular weight is 456 g/mol. The van der Waals surface area contributed by atoms with E-state index in [-0.39, 0.29) is 22.8 Å². The summed E-state index contributed by atoms with van der Waals surface area (Å²) in [5.74, 6) is 0.975. The molecule has 1 saturated heterocycles. The SMILES string of the molecule is COc1nc(N2CCN(C)CC2)c(-c2ccc[nH]2)cc1Sc1nc(O)cc(NC(C)=O)n1. The van der Waals surface area contributed by atoms with Gasteiger partial charge in [-0.15, -0.1) is 0 Å². The summed E-state index contributed by atoms with van der Waals surface area (Å²) in [5, 5.41) is 12.8. The Bertz CT molecular complexity index is 1100. The van der Waals surface area contributed by atoms with Gasteiger partial charge in [-0.05, 0) is 37.0 Å². The monoisotopic (exact) mass is 455 g/mol. The molecule has 168 valence electrons. The van der Waals surface area contributed by atoms with Crippen LogP contribution in [0.4, 0.5) is 11.6 Å². The van der Waals surface area contributed by atoms with Crippen LogP contribution in [0.25, 0.3) is 11.3 Å². The number of anilines is 2. The van der Waals surface area contributed by atoms with E-state index in [2.05, 4.69) is 37.1 Å². The van der Waals surface area contributed by atoms with Crippen molar-refractivity contribution in [2.24, 2.45) is 0 Å². The number of carbonyl (C=O) groups is 1. The lowest BCUT2D eigenvalue weighted by Gasteiger charge is -2.34. The molecule has 3 N–H and O–H groups in total. The molecule has 32 heavy (non-hydrogen) atoms. The maximum absolute atomic E-state index is 11.4. The maximum atomic E-state index is 11.4. The molecule has 3 aromatic rings. The fourth-order valence-electron chi connectivity index (χ4n) is 3.44. The third kappa shape index (κ3) is 4.94. The van der Waals surface area contributed by atoms with Crippen molar-refractivity contribution < 1.29 is 14.6 Å². The van der Waals surface area contributed by atoms with Gasteiger partial charge in [0.15, 0.2) is 5.16 Å². The first kappa shape index (κ1) is 21.9. The summed E-state index contributed by atoms with van der Waals surface area (Å²) in [7, 11) is 3.68. The van der Waals surface area contributed by atoms with Gasteiger partial charge in [-0.2, -0.15) is 9.97 Å². The smallest absolute Gasteiger partial charge is 0.229 e. The van der Waals surface area contributed by atoms with Crippen molar-refractivity contribution in [3.8, 4) is 23.0 Å². The van der Waals surface area contributed by atoms with Crippen LogP contribution >= 0.6 is 11.8 Å². The number of pyridine rings is 1. The third-order valence-corrected chi connectivity index (χ3v) is 5.89. The molecule has 0 bridgehead atoms. The zero-order valence-corrected chi connectivity index (χ0v) is 18.9. The number of piperazine rings is 1. The molecule has 1 fully saturated rings. The van der Waals surface area contributed by atoms with Gasteiger partial charge in [-0.1, -0.05) is 0 Å². The third-order valence-electron chi connectivity index (χ3n) is 5.02. The molecule has 11 heteroatoms. The number of aromatic hydroxyl groups is 1. The van der Waals surface area contributed by atoms with Crippen LogP contribution in [0.1, 0.15) is 6.92 Å². The minimum absolute atomic E-state index is 0.220. The van der Waals surface area contributed by atoms with Crippen molar-refractivity contribution in [1.29, 1.82) is 0 Å². The number of amides is 1. The van der Waals surface area contributed by atoms with E-state index < -0.39 is 0 Å². The van der Waals surface area contributed by atoms with Gasteiger partial charge < -0.3 is 29.9 Å². The second kappa shape index (κ2) is 9.45. The van der Waals surface area contributed by atoms with Crippen LogP contribution in [-0.2, 0) is 4.79 Å². The fourth-order valence-corrected chi connectivity index (χ4v) is 4.32. The average Bonchev–Trinajstić information content (AvgIpc) is 3.28. The number of ether oxygens (including phenoxy) is 1. The molecule has 0 spiro atoms. The summed E-state index contributed by atoms with van der Waals surface area (Å²) < 4.78 is 5.60. The lowest BCUT2D eigenvalue weighted by atomic mass is 10.1. The molecule has 4 heterocycles. The van der Waals surface area contributed by atoms with E-state index in [1.54, 1.807) is 7.11 Å². The van der Waals surface area contributed by atoms with Crippen molar-refractivity contribution in [2.75, 3.05) is 50.6 Å². The van der Waals surface area contributed by atoms with E-state index >= 15 is 0 Å². The molecule has 0 saturated carbocycles. The van der Waals surface area contributed by atoms with Crippen LogP contribution in [0.15, 0.2) is 40.5 Å². The highest BCUT2D eigenvalue weighted by atomic mass is 32.2. The standard InChI is InChI=1S/C21H25N7O3S/c1-13(29)23-17-12-18(30)25-21(24-17)32-16-11-14(15-5-4-6-22-15)19(26-20(16)31-3)28-9-7-27(2)8-10-28/h4-6,11-12,22H,7-10H2,1-3H3,(H2,23,24,25,29,30). The Kier molecular flexibility index (Phi) is 6.47. The predicted molar refractivity (Wildman–Crippen MR) is 122 cm³/mol. The number of methoxy groups -OCH3 is 1. The molecule has 1 aliphatic heterocycles. The zero-order valence-electron chi connectivity index (χ0n) is 18.1. The molecular formula is C21H25N7O3S. The summed E-state index contributed by atoms with van der Waals surface area (Å²) in [6.45, 7) is 5.01. The normalized spacial score (nSPS) is 14.4. The lowest BCUT2D eigenvalue weighted by Crippen LogP contribution is -2.45. The number of likely N-dealkylation sites (N-methyl/N-ethyl adjacent to an activating group) is 1. The van der Waals surface area contributed by atoms with Crippen LogP contribution in [0, 0.1) is 0 Å². The topological polar surface area (TPSA) is 120 Å². The second-order valence-electron chi connectivity index (χ2n) is 7.42. The molecule has 0 radical (unpaired) electrons. The number of carbonyl (C=O) groups excluding carboxylic acids is 1. The molecule has 0 atom stereocenters. The summed E-state index contributed by atoms with van der Waals surface area (Å²) >= 11 is 1.20. The minimum atomic E-state index is -0.288. The van der Waals surface area contributed by atoms with E-state index in [4.69, 9.17) is 9.72 Å². The molecule has 0 unspecified atom stereocenters. The first-order valence-electron chi connectivity index (χ1n) is 10.1. The van der Waals surface area contributed by atoms with Gasteiger partial charge in [0.2, 0.25) is 17.7 Å². The number of nitrogens with one attached hydrogen (secondary N) is 2. The molecular weight excluding hydrogens is 430 g/mol. The number of nitrogens with zero attached hydrogens (tertiary/aromatic N) is 5. The molecule has 3 aromatic heterocycles. The largest absolute Gasteiger partial charge is 0.493 e. The van der Waals surface area contributed by atoms with Gasteiger partial charge in [0.1, 0.15) is 11.6 Å². The van der Waals surface area contributed by atoms with Crippen molar-refractivity contribution in [1.82, 2.24) is 24.8 Å². The predicted octanol–water partition coefficient (Wildman–Crippen LogP) is 2.44. The summed E-state index contributed by atoms with van der Waals surface area (Å²) in [5.41, 5.74) is 1.87. The van der Waals surface area contributed by atoms with E-state index in [1.807, 2.05) is 24.4 Å². The number of hydrogen-bond acceptors (Lipinski definition) is 9. The first-order valence-corrected chi connectivity index (χ1v) is 10.9. The van der Waals surface area contributed by atoms with E-state index in [0.717, 1.165) is 43.3 Å². The van der Waals surface area contributed by atoms with Crippen molar-refractivity contribution in [2.45, 2.75) is 17.0 Å². The van der Waals surface area contributed by atoms with E-state index in [9.17, 15) is 9.90 Å². The highest BCUT2D eigenvalue weighted by Gasteiger charge is 2.23. The maximum Gasteiger partial charge on any atom is 0.229 e. The van der Waals surface area contributed by atoms with Gasteiger partial charge in [0, 0.05) is 56.6 Å². The highest BCUT2D eigenvalue weighted by Crippen LogP contribution is 2.40. The Morgan fingerprint density at radius 3 is 2.66 bits per heavy atom. The molecule has 1 amide bonds.